The molecule has 2 aliphatic heterocycles. The maximum atomic E-state index is 6.40. The number of benzene rings is 1. The molecule has 0 N–H and O–H groups in total. The number of fused-ring (bicyclic) bond motifs is 1. The van der Waals surface area contributed by atoms with E-state index in [2.05, 4.69) is 45.8 Å². The first-order chi connectivity index (χ1) is 15.5. The van der Waals surface area contributed by atoms with Crippen LogP contribution < -0.4 is 14.4 Å². The fraction of sp³-hybridized carbons (Fsp3) is 0.652. The van der Waals surface area contributed by atoms with Crippen LogP contribution >= 0.6 is 15.9 Å². The molecular weight excluding hydrogens is 667 g/mol. The molecule has 3 fully saturated rings. The van der Waals surface area contributed by atoms with Crippen LogP contribution in [0.15, 0.2) is 10.5 Å². The Morgan fingerprint density at radius 1 is 1.12 bits per heavy atom. The van der Waals surface area contributed by atoms with Crippen LogP contribution in [0.25, 0.3) is 10.9 Å². The number of nitrogens with zero attached hydrogens (tertiary/aromatic N) is 4. The van der Waals surface area contributed by atoms with Gasteiger partial charge in [-0.1, -0.05) is 0 Å². The number of piperazine rings is 1. The number of hydrogen-bond acceptors (Lipinski definition) is 7. The van der Waals surface area contributed by atoms with E-state index in [1.165, 1.54) is 18.4 Å². The molecule has 171 valence electrons. The normalized spacial score (nSPS) is 21.7. The molecule has 0 bridgehead atoms. The van der Waals surface area contributed by atoms with Gasteiger partial charge < -0.3 is 0 Å². The van der Waals surface area contributed by atoms with Crippen LogP contribution in [-0.2, 0) is 4.74 Å². The van der Waals surface area contributed by atoms with Crippen molar-refractivity contribution >= 4 is 58.4 Å². The summed E-state index contributed by atoms with van der Waals surface area (Å²) in [4.78, 5) is 14.7. The number of halogens is 1. The maximum absolute atomic E-state index is 6.40. The van der Waals surface area contributed by atoms with Gasteiger partial charge in [0.2, 0.25) is 0 Å². The molecule has 1 aromatic heterocycles. The van der Waals surface area contributed by atoms with Gasteiger partial charge in [0.05, 0.1) is 0 Å². The van der Waals surface area contributed by atoms with E-state index in [1.807, 2.05) is 0 Å². The summed E-state index contributed by atoms with van der Waals surface area (Å²) in [5.74, 6) is 2.42. The second-order valence-corrected chi connectivity index (χ2v) is 13.0. The average Bonchev–Trinajstić information content (AvgIpc) is 3.62. The van der Waals surface area contributed by atoms with Crippen molar-refractivity contribution in [3.8, 4) is 11.8 Å². The van der Waals surface area contributed by atoms with Crippen molar-refractivity contribution in [2.45, 2.75) is 48.3 Å². The van der Waals surface area contributed by atoms with E-state index in [9.17, 15) is 0 Å². The van der Waals surface area contributed by atoms with Crippen LogP contribution in [0.2, 0.25) is 0 Å². The van der Waals surface area contributed by atoms with Crippen LogP contribution in [0.3, 0.4) is 0 Å². The summed E-state index contributed by atoms with van der Waals surface area (Å²) in [5, 5.41) is 1.08. The Morgan fingerprint density at radius 2 is 1.84 bits per heavy atom. The van der Waals surface area contributed by atoms with Crippen molar-refractivity contribution in [3.63, 3.8) is 0 Å². The number of rotatable bonds is 6. The Morgan fingerprint density at radius 3 is 2.50 bits per heavy atom. The Hall–Kier alpha value is -0.718. The van der Waals surface area contributed by atoms with Crippen molar-refractivity contribution in [3.05, 3.63) is 16.1 Å². The molecule has 1 unspecified atom stereocenters. The molecule has 3 radical (unpaired) electrons. The van der Waals surface area contributed by atoms with E-state index in [-0.39, 0.29) is 9.77 Å². The molecule has 1 aliphatic carbocycles. The Bertz CT molecular complexity index is 974. The molecule has 2 aromatic rings. The molecule has 1 atom stereocenters. The summed E-state index contributed by atoms with van der Waals surface area (Å²) in [6, 6.07) is 2.75. The minimum absolute atomic E-state index is 0.0950. The van der Waals surface area contributed by atoms with E-state index >= 15 is 0 Å². The zero-order valence-electron chi connectivity index (χ0n) is 18.8. The van der Waals surface area contributed by atoms with Gasteiger partial charge in [-0.15, -0.1) is 0 Å². The van der Waals surface area contributed by atoms with Crippen molar-refractivity contribution in [1.82, 2.24) is 14.9 Å². The van der Waals surface area contributed by atoms with Gasteiger partial charge >= 0.3 is 215 Å². The standard InChI is InChI=1S/C23H30BrN4O3.Pb/c1-3-30-21-19(24)17(15-4-5-15)14-18-20(21)25-23(31-16-6-12-29-13-7-16)26-22(18)28-10-8-27(2)9-11-28;/h3,14-16H,4-13H2,1-2H3;. The van der Waals surface area contributed by atoms with E-state index in [4.69, 9.17) is 24.2 Å². The van der Waals surface area contributed by atoms with E-state index < -0.39 is 0 Å². The van der Waals surface area contributed by atoms with Crippen LogP contribution in [-0.4, -0.2) is 96.8 Å². The third kappa shape index (κ3) is 5.02. The Labute approximate surface area is 214 Å². The van der Waals surface area contributed by atoms with Crippen LogP contribution in [0, 0.1) is 0 Å². The van der Waals surface area contributed by atoms with E-state index in [0.717, 1.165) is 105 Å². The SMILES string of the molecule is C[CH]([Pb])Oc1c(Br)c(C2CC2)cc2c(N3CCN(C)CC3)nc(OC3CCOCC3)nc12. The van der Waals surface area contributed by atoms with Crippen LogP contribution in [0.4, 0.5) is 5.82 Å². The zero-order chi connectivity index (χ0) is 22.2. The number of aromatic nitrogens is 2. The van der Waals surface area contributed by atoms with Crippen LogP contribution in [0.1, 0.15) is 44.1 Å². The topological polar surface area (TPSA) is 60.0 Å². The van der Waals surface area contributed by atoms with E-state index in [1.54, 1.807) is 0 Å². The Kier molecular flexibility index (Phi) is 7.11. The predicted molar refractivity (Wildman–Crippen MR) is 129 cm³/mol. The Balaban J connectivity index is 1.64. The molecule has 0 amide bonds. The van der Waals surface area contributed by atoms with Gasteiger partial charge in [-0.25, -0.2) is 0 Å². The van der Waals surface area contributed by atoms with Gasteiger partial charge in [-0.05, 0) is 0 Å². The van der Waals surface area contributed by atoms with Crippen molar-refractivity contribution < 1.29 is 14.2 Å². The molecule has 2 saturated heterocycles. The quantitative estimate of drug-likeness (QED) is 0.429. The summed E-state index contributed by atoms with van der Waals surface area (Å²) in [7, 11) is 2.18. The molecule has 0 spiro atoms. The first kappa shape index (κ1) is 23.0. The fourth-order valence-electron chi connectivity index (χ4n) is 4.43. The minimum atomic E-state index is 0.0950. The molecule has 1 saturated carbocycles. The van der Waals surface area contributed by atoms with E-state index in [0.29, 0.717) is 11.9 Å². The molecule has 7 nitrogen and oxygen atoms in total. The van der Waals surface area contributed by atoms with Crippen molar-refractivity contribution in [2.24, 2.45) is 0 Å². The van der Waals surface area contributed by atoms with Gasteiger partial charge in [0.1, 0.15) is 0 Å². The average molecular weight is 698 g/mol. The molecular formula is C23H30BrN4O3Pb. The second kappa shape index (κ2) is 9.87. The number of hydrogen-bond donors (Lipinski definition) is 0. The molecule has 9 heteroatoms. The van der Waals surface area contributed by atoms with Gasteiger partial charge in [0.15, 0.2) is 0 Å². The third-order valence-electron chi connectivity index (χ3n) is 6.43. The van der Waals surface area contributed by atoms with Crippen LogP contribution in [0.5, 0.6) is 11.8 Å². The van der Waals surface area contributed by atoms with Gasteiger partial charge in [-0.3, -0.25) is 0 Å². The third-order valence-corrected chi connectivity index (χ3v) is 7.70. The fourth-order valence-corrected chi connectivity index (χ4v) is 5.61. The summed E-state index contributed by atoms with van der Waals surface area (Å²) in [6.07, 6.45) is 4.30. The number of anilines is 1. The first-order valence-corrected chi connectivity index (χ1v) is 14.6. The summed E-state index contributed by atoms with van der Waals surface area (Å²) >= 11 is 4.82. The van der Waals surface area contributed by atoms with Crippen molar-refractivity contribution in [1.29, 1.82) is 0 Å². The zero-order valence-corrected chi connectivity index (χ0v) is 24.2. The molecule has 3 aliphatic rings. The second-order valence-electron chi connectivity index (χ2n) is 9.09. The molecule has 5 rings (SSSR count). The molecule has 32 heavy (non-hydrogen) atoms. The van der Waals surface area contributed by atoms with Gasteiger partial charge in [0, 0.05) is 0 Å². The number of ether oxygens (including phenoxy) is 3. The molecule has 3 heterocycles. The monoisotopic (exact) mass is 697 g/mol. The van der Waals surface area contributed by atoms with Gasteiger partial charge in [-0.2, -0.15) is 0 Å². The van der Waals surface area contributed by atoms with Crippen molar-refractivity contribution in [2.75, 3.05) is 51.3 Å². The molecule has 1 aromatic carbocycles. The van der Waals surface area contributed by atoms with Gasteiger partial charge in [0.25, 0.3) is 0 Å². The first-order valence-electron chi connectivity index (χ1n) is 11.6. The summed E-state index contributed by atoms with van der Waals surface area (Å²) in [6.45, 7) is 7.51. The number of likely N-dealkylation sites (N-methyl/N-ethyl adjacent to an activating group) is 1. The predicted octanol–water partition coefficient (Wildman–Crippen LogP) is 3.47. The summed E-state index contributed by atoms with van der Waals surface area (Å²) < 4.78 is 19.4. The summed E-state index contributed by atoms with van der Waals surface area (Å²) in [5.41, 5.74) is 2.18.